The molecular weight excluding hydrogens is 335 g/mol. The predicted molar refractivity (Wildman–Crippen MR) is 86.8 cm³/mol. The van der Waals surface area contributed by atoms with Gasteiger partial charge in [-0.3, -0.25) is 0 Å². The number of hydrogen-bond donors (Lipinski definition) is 1. The second-order valence-electron chi connectivity index (χ2n) is 5.81. The molecule has 0 amide bonds. The Labute approximate surface area is 132 Å². The molecule has 1 unspecified atom stereocenters. The molecule has 4 nitrogen and oxygen atoms in total. The molecule has 1 aromatic carbocycles. The van der Waals surface area contributed by atoms with E-state index in [2.05, 4.69) is 32.7 Å². The van der Waals surface area contributed by atoms with Gasteiger partial charge in [0.05, 0.1) is 15.5 Å². The van der Waals surface area contributed by atoms with Crippen molar-refractivity contribution >= 4 is 32.9 Å². The van der Waals surface area contributed by atoms with Gasteiger partial charge >= 0.3 is 0 Å². The molecule has 21 heavy (non-hydrogen) atoms. The van der Waals surface area contributed by atoms with Gasteiger partial charge in [-0.15, -0.1) is 0 Å². The fourth-order valence-electron chi connectivity index (χ4n) is 3.17. The zero-order valence-corrected chi connectivity index (χ0v) is 13.7. The topological polar surface area (TPSA) is 47.1 Å². The van der Waals surface area contributed by atoms with Gasteiger partial charge < -0.3 is 15.2 Å². The first-order valence-electron chi connectivity index (χ1n) is 7.41. The Morgan fingerprint density at radius 3 is 2.76 bits per heavy atom. The van der Waals surface area contributed by atoms with E-state index in [1.165, 1.54) is 25.3 Å². The van der Waals surface area contributed by atoms with Gasteiger partial charge in [0.15, 0.2) is 0 Å². The Kier molecular flexibility index (Phi) is 4.17. The molecule has 3 rings (SSSR count). The number of likely N-dealkylation sites (tertiary alicyclic amines) is 1. The van der Waals surface area contributed by atoms with Gasteiger partial charge in [0.2, 0.25) is 5.95 Å². The van der Waals surface area contributed by atoms with Gasteiger partial charge in [0.1, 0.15) is 5.82 Å². The first-order valence-corrected chi connectivity index (χ1v) is 8.20. The minimum absolute atomic E-state index is 0.175. The summed E-state index contributed by atoms with van der Waals surface area (Å²) in [6.45, 7) is 5.31. The second-order valence-corrected chi connectivity index (χ2v) is 6.66. The average molecular weight is 355 g/mol. The van der Waals surface area contributed by atoms with E-state index in [0.29, 0.717) is 10.4 Å². The van der Waals surface area contributed by atoms with Crippen LogP contribution in [-0.2, 0) is 0 Å². The molecule has 1 aromatic heterocycles. The zero-order valence-electron chi connectivity index (χ0n) is 12.1. The van der Waals surface area contributed by atoms with Crippen LogP contribution in [0.15, 0.2) is 16.6 Å². The van der Waals surface area contributed by atoms with E-state index in [9.17, 15) is 4.39 Å². The Morgan fingerprint density at radius 2 is 2.05 bits per heavy atom. The number of nitrogens with zero attached hydrogens (tertiary/aromatic N) is 3. The molecule has 1 fully saturated rings. The SMILES string of the molecule is CC(CN1CCCCC1)n1c(N)nc2cc(Br)c(F)cc21. The zero-order chi connectivity index (χ0) is 15.0. The van der Waals surface area contributed by atoms with E-state index in [1.807, 2.05) is 4.57 Å². The van der Waals surface area contributed by atoms with Crippen molar-refractivity contribution in [2.75, 3.05) is 25.4 Å². The van der Waals surface area contributed by atoms with Crippen molar-refractivity contribution in [2.45, 2.75) is 32.2 Å². The summed E-state index contributed by atoms with van der Waals surface area (Å²) in [6.07, 6.45) is 3.84. The summed E-state index contributed by atoms with van der Waals surface area (Å²) in [5.74, 6) is 0.167. The lowest BCUT2D eigenvalue weighted by molar-refractivity contribution is 0.204. The van der Waals surface area contributed by atoms with Crippen LogP contribution in [0.1, 0.15) is 32.2 Å². The van der Waals surface area contributed by atoms with Crippen molar-refractivity contribution in [1.82, 2.24) is 14.5 Å². The Bertz CT molecular complexity index is 649. The first-order chi connectivity index (χ1) is 10.1. The molecular formula is C15H20BrFN4. The lowest BCUT2D eigenvalue weighted by Crippen LogP contribution is -2.34. The minimum Gasteiger partial charge on any atom is -0.369 e. The highest BCUT2D eigenvalue weighted by molar-refractivity contribution is 9.10. The molecule has 2 aromatic rings. The lowest BCUT2D eigenvalue weighted by atomic mass is 10.1. The van der Waals surface area contributed by atoms with Crippen molar-refractivity contribution in [3.63, 3.8) is 0 Å². The molecule has 114 valence electrons. The van der Waals surface area contributed by atoms with E-state index in [1.54, 1.807) is 6.07 Å². The summed E-state index contributed by atoms with van der Waals surface area (Å²) < 4.78 is 16.2. The first kappa shape index (κ1) is 14.8. The number of nitrogens with two attached hydrogens (primary N) is 1. The fourth-order valence-corrected chi connectivity index (χ4v) is 3.50. The van der Waals surface area contributed by atoms with E-state index in [-0.39, 0.29) is 11.9 Å². The smallest absolute Gasteiger partial charge is 0.201 e. The normalized spacial score (nSPS) is 18.2. The third-order valence-electron chi connectivity index (χ3n) is 4.17. The quantitative estimate of drug-likeness (QED) is 0.916. The summed E-state index contributed by atoms with van der Waals surface area (Å²) in [5.41, 5.74) is 7.54. The summed E-state index contributed by atoms with van der Waals surface area (Å²) in [4.78, 5) is 6.81. The van der Waals surface area contributed by atoms with Crippen LogP contribution in [0.5, 0.6) is 0 Å². The van der Waals surface area contributed by atoms with Crippen LogP contribution in [-0.4, -0.2) is 34.1 Å². The molecule has 0 bridgehead atoms. The maximum atomic E-state index is 13.8. The van der Waals surface area contributed by atoms with Crippen LogP contribution in [0, 0.1) is 5.82 Å². The number of halogens is 2. The Morgan fingerprint density at radius 1 is 1.33 bits per heavy atom. The van der Waals surface area contributed by atoms with Crippen molar-refractivity contribution in [3.8, 4) is 0 Å². The molecule has 0 saturated carbocycles. The maximum absolute atomic E-state index is 13.8. The van der Waals surface area contributed by atoms with Crippen molar-refractivity contribution < 1.29 is 4.39 Å². The molecule has 0 radical (unpaired) electrons. The second kappa shape index (κ2) is 5.93. The molecule has 2 N–H and O–H groups in total. The minimum atomic E-state index is -0.283. The number of fused-ring (bicyclic) bond motifs is 1. The number of aromatic nitrogens is 2. The van der Waals surface area contributed by atoms with E-state index >= 15 is 0 Å². The summed E-state index contributed by atoms with van der Waals surface area (Å²) in [5, 5.41) is 0. The molecule has 2 heterocycles. The van der Waals surface area contributed by atoms with Gasteiger partial charge in [0, 0.05) is 18.7 Å². The third kappa shape index (κ3) is 2.92. The van der Waals surface area contributed by atoms with Gasteiger partial charge in [-0.1, -0.05) is 6.42 Å². The number of rotatable bonds is 3. The number of imidazole rings is 1. The number of piperidine rings is 1. The lowest BCUT2D eigenvalue weighted by Gasteiger charge is -2.30. The number of nitrogen functional groups attached to an aromatic ring is 1. The largest absolute Gasteiger partial charge is 0.369 e. The van der Waals surface area contributed by atoms with Crippen molar-refractivity contribution in [2.24, 2.45) is 0 Å². The third-order valence-corrected chi connectivity index (χ3v) is 4.78. The summed E-state index contributed by atoms with van der Waals surface area (Å²) >= 11 is 3.19. The van der Waals surface area contributed by atoms with Crippen LogP contribution in [0.4, 0.5) is 10.3 Å². The molecule has 1 aliphatic heterocycles. The number of anilines is 1. The Balaban J connectivity index is 1.91. The molecule has 0 spiro atoms. The van der Waals surface area contributed by atoms with Crippen LogP contribution in [0.3, 0.4) is 0 Å². The van der Waals surface area contributed by atoms with E-state index in [0.717, 1.165) is 30.7 Å². The van der Waals surface area contributed by atoms with Crippen molar-refractivity contribution in [1.29, 1.82) is 0 Å². The van der Waals surface area contributed by atoms with Gasteiger partial charge in [-0.25, -0.2) is 9.37 Å². The van der Waals surface area contributed by atoms with Crippen LogP contribution >= 0.6 is 15.9 Å². The number of hydrogen-bond acceptors (Lipinski definition) is 3. The van der Waals surface area contributed by atoms with Gasteiger partial charge in [-0.05, 0) is 54.9 Å². The average Bonchev–Trinajstić information content (AvgIpc) is 2.75. The summed E-state index contributed by atoms with van der Waals surface area (Å²) in [6, 6.07) is 3.37. The Hall–Kier alpha value is -1.14. The van der Waals surface area contributed by atoms with E-state index in [4.69, 9.17) is 5.73 Å². The van der Waals surface area contributed by atoms with E-state index < -0.39 is 0 Å². The standard InChI is InChI=1S/C15H20BrFN4/c1-10(9-20-5-3-2-4-6-20)21-14-8-12(17)11(16)7-13(14)19-15(21)18/h7-8,10H,2-6,9H2,1H3,(H2,18,19). The highest BCUT2D eigenvalue weighted by Crippen LogP contribution is 2.28. The van der Waals surface area contributed by atoms with Crippen molar-refractivity contribution in [3.05, 3.63) is 22.4 Å². The number of benzene rings is 1. The molecule has 6 heteroatoms. The fraction of sp³-hybridized carbons (Fsp3) is 0.533. The molecule has 0 aliphatic carbocycles. The molecule has 1 aliphatic rings. The molecule has 1 saturated heterocycles. The monoisotopic (exact) mass is 354 g/mol. The van der Waals surface area contributed by atoms with Crippen LogP contribution in [0.25, 0.3) is 11.0 Å². The molecule has 1 atom stereocenters. The maximum Gasteiger partial charge on any atom is 0.201 e. The predicted octanol–water partition coefficient (Wildman–Crippen LogP) is 3.57. The highest BCUT2D eigenvalue weighted by Gasteiger charge is 2.19. The van der Waals surface area contributed by atoms with Gasteiger partial charge in [-0.2, -0.15) is 0 Å². The summed E-state index contributed by atoms with van der Waals surface area (Å²) in [7, 11) is 0. The van der Waals surface area contributed by atoms with Crippen LogP contribution in [0.2, 0.25) is 0 Å². The highest BCUT2D eigenvalue weighted by atomic mass is 79.9. The van der Waals surface area contributed by atoms with Crippen LogP contribution < -0.4 is 5.73 Å². The van der Waals surface area contributed by atoms with Gasteiger partial charge in [0.25, 0.3) is 0 Å².